The SMILES string of the molecule is c1ccc(-c2nc3ccccn3c2-c2ccc(-c3cccc4c3ccc3c4ccc4c(-c5ccccc5)c(-c5ccccc5)[nH]c43)cc2)cc1. The first kappa shape index (κ1) is 28.3. The second-order valence-electron chi connectivity index (χ2n) is 12.8. The molecule has 3 aromatic heterocycles. The molecule has 0 spiro atoms. The fourth-order valence-electron chi connectivity index (χ4n) is 7.69. The summed E-state index contributed by atoms with van der Waals surface area (Å²) >= 11 is 0. The molecule has 3 heterocycles. The third kappa shape index (κ3) is 4.48. The largest absolute Gasteiger partial charge is 0.353 e. The van der Waals surface area contributed by atoms with E-state index in [1.54, 1.807) is 0 Å². The summed E-state index contributed by atoms with van der Waals surface area (Å²) in [5.41, 5.74) is 13.6. The summed E-state index contributed by atoms with van der Waals surface area (Å²) in [6, 6.07) is 62.8. The number of H-pyrrole nitrogens is 1. The lowest BCUT2D eigenvalue weighted by Crippen LogP contribution is -1.90. The van der Waals surface area contributed by atoms with Gasteiger partial charge in [0.2, 0.25) is 0 Å². The van der Waals surface area contributed by atoms with Crippen LogP contribution in [0.4, 0.5) is 0 Å². The molecule has 0 atom stereocenters. The van der Waals surface area contributed by atoms with Gasteiger partial charge in [0.1, 0.15) is 5.65 Å². The topological polar surface area (TPSA) is 33.1 Å². The average molecular weight is 638 g/mol. The van der Waals surface area contributed by atoms with E-state index in [0.717, 1.165) is 33.9 Å². The van der Waals surface area contributed by atoms with Crippen molar-refractivity contribution in [1.82, 2.24) is 14.4 Å². The van der Waals surface area contributed by atoms with Crippen LogP contribution in [0.2, 0.25) is 0 Å². The predicted octanol–water partition coefficient (Wildman–Crippen LogP) is 12.5. The maximum atomic E-state index is 5.03. The molecule has 0 saturated carbocycles. The van der Waals surface area contributed by atoms with E-state index in [1.165, 1.54) is 60.3 Å². The number of hydrogen-bond acceptors (Lipinski definition) is 1. The summed E-state index contributed by atoms with van der Waals surface area (Å²) in [4.78, 5) is 8.91. The highest BCUT2D eigenvalue weighted by Crippen LogP contribution is 2.43. The Bertz CT molecular complexity index is 2830. The fraction of sp³-hybridized carbons (Fsp3) is 0. The molecule has 0 aliphatic carbocycles. The van der Waals surface area contributed by atoms with Crippen molar-refractivity contribution in [3.8, 4) is 56.0 Å². The molecule has 3 heteroatoms. The van der Waals surface area contributed by atoms with Gasteiger partial charge in [-0.2, -0.15) is 0 Å². The highest BCUT2D eigenvalue weighted by Gasteiger charge is 2.19. The third-order valence-electron chi connectivity index (χ3n) is 10.00. The Hall–Kier alpha value is -6.71. The van der Waals surface area contributed by atoms with E-state index in [2.05, 4.69) is 179 Å². The molecule has 0 radical (unpaired) electrons. The van der Waals surface area contributed by atoms with Gasteiger partial charge >= 0.3 is 0 Å². The molecule has 1 N–H and O–H groups in total. The van der Waals surface area contributed by atoms with Gasteiger partial charge in [0, 0.05) is 33.7 Å². The Kier molecular flexibility index (Phi) is 6.49. The Labute approximate surface area is 289 Å². The first-order valence-corrected chi connectivity index (χ1v) is 17.1. The summed E-state index contributed by atoms with van der Waals surface area (Å²) in [7, 11) is 0. The van der Waals surface area contributed by atoms with Gasteiger partial charge in [-0.1, -0.05) is 164 Å². The number of hydrogen-bond donors (Lipinski definition) is 1. The highest BCUT2D eigenvalue weighted by atomic mass is 15.0. The number of fused-ring (bicyclic) bond motifs is 6. The monoisotopic (exact) mass is 637 g/mol. The van der Waals surface area contributed by atoms with Crippen LogP contribution in [0.3, 0.4) is 0 Å². The second kappa shape index (κ2) is 11.5. The molecule has 0 aliphatic rings. The molecule has 0 amide bonds. The van der Waals surface area contributed by atoms with Crippen LogP contribution >= 0.6 is 0 Å². The molecule has 10 aromatic rings. The van der Waals surface area contributed by atoms with E-state index >= 15 is 0 Å². The van der Waals surface area contributed by atoms with Crippen molar-refractivity contribution in [2.75, 3.05) is 0 Å². The van der Waals surface area contributed by atoms with E-state index in [1.807, 2.05) is 12.1 Å². The molecule has 0 unspecified atom stereocenters. The summed E-state index contributed by atoms with van der Waals surface area (Å²) < 4.78 is 2.19. The Morgan fingerprint density at radius 1 is 0.400 bits per heavy atom. The van der Waals surface area contributed by atoms with Gasteiger partial charge in [-0.3, -0.25) is 4.40 Å². The van der Waals surface area contributed by atoms with Crippen molar-refractivity contribution in [3.05, 3.63) is 182 Å². The van der Waals surface area contributed by atoms with Crippen molar-refractivity contribution >= 4 is 38.1 Å². The maximum absolute atomic E-state index is 5.03. The number of benzene rings is 7. The van der Waals surface area contributed by atoms with E-state index in [9.17, 15) is 0 Å². The van der Waals surface area contributed by atoms with Crippen LogP contribution in [-0.4, -0.2) is 14.4 Å². The third-order valence-corrected chi connectivity index (χ3v) is 10.00. The summed E-state index contributed by atoms with van der Waals surface area (Å²) in [5, 5.41) is 6.19. The van der Waals surface area contributed by atoms with Crippen molar-refractivity contribution in [3.63, 3.8) is 0 Å². The quantitative estimate of drug-likeness (QED) is 0.187. The predicted molar refractivity (Wildman–Crippen MR) is 209 cm³/mol. The Balaban J connectivity index is 1.11. The van der Waals surface area contributed by atoms with E-state index < -0.39 is 0 Å². The van der Waals surface area contributed by atoms with Crippen LogP contribution in [0.25, 0.3) is 94.1 Å². The van der Waals surface area contributed by atoms with Crippen LogP contribution < -0.4 is 0 Å². The van der Waals surface area contributed by atoms with E-state index in [-0.39, 0.29) is 0 Å². The number of pyridine rings is 1. The summed E-state index contributed by atoms with van der Waals surface area (Å²) in [5.74, 6) is 0. The normalized spacial score (nSPS) is 11.6. The number of nitrogens with zero attached hydrogens (tertiary/aromatic N) is 2. The highest BCUT2D eigenvalue weighted by molar-refractivity contribution is 6.21. The molecule has 7 aromatic carbocycles. The van der Waals surface area contributed by atoms with Crippen LogP contribution in [-0.2, 0) is 0 Å². The molecule has 10 rings (SSSR count). The average Bonchev–Trinajstić information content (AvgIpc) is 3.78. The minimum Gasteiger partial charge on any atom is -0.353 e. The second-order valence-corrected chi connectivity index (χ2v) is 12.8. The van der Waals surface area contributed by atoms with Gasteiger partial charge in [-0.05, 0) is 50.5 Å². The van der Waals surface area contributed by atoms with Crippen LogP contribution in [0.5, 0.6) is 0 Å². The maximum Gasteiger partial charge on any atom is 0.137 e. The summed E-state index contributed by atoms with van der Waals surface area (Å²) in [6.45, 7) is 0. The van der Waals surface area contributed by atoms with Gasteiger partial charge in [0.25, 0.3) is 0 Å². The number of nitrogens with one attached hydrogen (secondary N) is 1. The first-order valence-electron chi connectivity index (χ1n) is 17.1. The zero-order valence-electron chi connectivity index (χ0n) is 27.2. The van der Waals surface area contributed by atoms with Crippen molar-refractivity contribution in [1.29, 1.82) is 0 Å². The Morgan fingerprint density at radius 2 is 1.00 bits per heavy atom. The lowest BCUT2D eigenvalue weighted by Gasteiger charge is -2.12. The minimum atomic E-state index is 0.939. The minimum absolute atomic E-state index is 0.939. The molecular weight excluding hydrogens is 607 g/mol. The molecular formula is C47H31N3. The number of rotatable bonds is 5. The number of aromatic amines is 1. The molecule has 0 aliphatic heterocycles. The number of imidazole rings is 1. The summed E-state index contributed by atoms with van der Waals surface area (Å²) in [6.07, 6.45) is 2.10. The van der Waals surface area contributed by atoms with Crippen LogP contribution in [0, 0.1) is 0 Å². The number of aromatic nitrogens is 3. The standard InChI is InChI=1S/C47H31N3/c1-4-13-32(14-5-1)43-41-29-27-39-37-20-12-19-36(38(37)26-28-40(39)46(41)49-44(43)33-15-6-2-7-16-33)31-22-24-35(25-23-31)47-45(34-17-8-3-9-18-34)48-42-21-10-11-30-50(42)47/h1-30,49H. The van der Waals surface area contributed by atoms with Gasteiger partial charge in [-0.25, -0.2) is 4.98 Å². The van der Waals surface area contributed by atoms with Gasteiger partial charge in [0.15, 0.2) is 0 Å². The molecule has 0 fully saturated rings. The Morgan fingerprint density at radius 3 is 1.76 bits per heavy atom. The lowest BCUT2D eigenvalue weighted by molar-refractivity contribution is 1.19. The fourth-order valence-corrected chi connectivity index (χ4v) is 7.69. The first-order chi connectivity index (χ1) is 24.8. The van der Waals surface area contributed by atoms with Crippen LogP contribution in [0.15, 0.2) is 182 Å². The zero-order chi connectivity index (χ0) is 33.0. The van der Waals surface area contributed by atoms with Gasteiger partial charge < -0.3 is 4.98 Å². The lowest BCUT2D eigenvalue weighted by atomic mass is 9.92. The zero-order valence-corrected chi connectivity index (χ0v) is 27.2. The van der Waals surface area contributed by atoms with Gasteiger partial charge in [0.05, 0.1) is 22.6 Å². The molecule has 0 saturated heterocycles. The van der Waals surface area contributed by atoms with Crippen molar-refractivity contribution < 1.29 is 0 Å². The van der Waals surface area contributed by atoms with E-state index in [0.29, 0.717) is 0 Å². The molecule has 234 valence electrons. The van der Waals surface area contributed by atoms with Crippen molar-refractivity contribution in [2.24, 2.45) is 0 Å². The molecule has 3 nitrogen and oxygen atoms in total. The van der Waals surface area contributed by atoms with Gasteiger partial charge in [-0.15, -0.1) is 0 Å². The van der Waals surface area contributed by atoms with E-state index in [4.69, 9.17) is 4.98 Å². The molecule has 0 bridgehead atoms. The smallest absolute Gasteiger partial charge is 0.137 e. The van der Waals surface area contributed by atoms with Crippen LogP contribution in [0.1, 0.15) is 0 Å². The van der Waals surface area contributed by atoms with Crippen molar-refractivity contribution in [2.45, 2.75) is 0 Å². The molecule has 50 heavy (non-hydrogen) atoms.